The van der Waals surface area contributed by atoms with Crippen LogP contribution in [0.3, 0.4) is 0 Å². The third-order valence-corrected chi connectivity index (χ3v) is 3.08. The summed E-state index contributed by atoms with van der Waals surface area (Å²) in [5.41, 5.74) is 0. The fourth-order valence-electron chi connectivity index (χ4n) is 2.22. The Hall–Kier alpha value is -0.780. The van der Waals surface area contributed by atoms with Crippen LogP contribution in [0.5, 0.6) is 0 Å². The van der Waals surface area contributed by atoms with Crippen LogP contribution in [0.1, 0.15) is 45.4 Å². The first-order valence-corrected chi connectivity index (χ1v) is 6.46. The largest absolute Gasteiger partial charge is 0.391 e. The van der Waals surface area contributed by atoms with Crippen LogP contribution in [-0.2, 0) is 4.79 Å². The number of alkyl halides is 3. The van der Waals surface area contributed by atoms with Crippen molar-refractivity contribution < 1.29 is 18.0 Å². The molecule has 2 unspecified atom stereocenters. The Morgan fingerprint density at radius 2 is 2.17 bits per heavy atom. The molecule has 0 aromatic rings. The van der Waals surface area contributed by atoms with Gasteiger partial charge in [-0.15, -0.1) is 0 Å². The maximum absolute atomic E-state index is 12.1. The predicted octanol–water partition coefficient (Wildman–Crippen LogP) is 2.37. The maximum atomic E-state index is 12.1. The number of hydrogen-bond acceptors (Lipinski definition) is 2. The molecule has 1 amide bonds. The molecule has 0 aromatic carbocycles. The summed E-state index contributed by atoms with van der Waals surface area (Å²) in [6.07, 6.45) is -0.844. The van der Waals surface area contributed by atoms with Crippen LogP contribution < -0.4 is 10.6 Å². The maximum Gasteiger partial charge on any atom is 0.391 e. The highest BCUT2D eigenvalue weighted by Gasteiger charge is 2.30. The standard InChI is InChI=1S/C12H21F3N2O/c1-9(8-12(13,14)15)17-11(18)6-5-10-4-2-3-7-16-10/h9-10,16H,2-8H2,1H3,(H,17,18). The van der Waals surface area contributed by atoms with E-state index in [9.17, 15) is 18.0 Å². The number of amides is 1. The van der Waals surface area contributed by atoms with Gasteiger partial charge >= 0.3 is 6.18 Å². The molecule has 6 heteroatoms. The molecule has 1 aliphatic heterocycles. The van der Waals surface area contributed by atoms with Crippen molar-refractivity contribution >= 4 is 5.91 Å². The zero-order valence-electron chi connectivity index (χ0n) is 10.6. The van der Waals surface area contributed by atoms with Crippen molar-refractivity contribution in [1.82, 2.24) is 10.6 Å². The summed E-state index contributed by atoms with van der Waals surface area (Å²) in [6, 6.07) is -0.515. The molecule has 3 nitrogen and oxygen atoms in total. The molecule has 0 radical (unpaired) electrons. The molecular weight excluding hydrogens is 245 g/mol. The van der Waals surface area contributed by atoms with E-state index < -0.39 is 18.6 Å². The van der Waals surface area contributed by atoms with Crippen molar-refractivity contribution in [3.8, 4) is 0 Å². The SMILES string of the molecule is CC(CC(F)(F)F)NC(=O)CCC1CCCCN1. The fraction of sp³-hybridized carbons (Fsp3) is 0.917. The first-order chi connectivity index (χ1) is 8.37. The lowest BCUT2D eigenvalue weighted by atomic mass is 10.0. The minimum absolute atomic E-state index is 0.292. The van der Waals surface area contributed by atoms with Crippen LogP contribution in [0, 0.1) is 0 Å². The van der Waals surface area contributed by atoms with E-state index in [1.165, 1.54) is 6.92 Å². The molecule has 1 fully saturated rings. The molecule has 0 bridgehead atoms. The molecule has 0 aliphatic carbocycles. The lowest BCUT2D eigenvalue weighted by Gasteiger charge is -2.23. The molecule has 0 saturated carbocycles. The normalized spacial score (nSPS) is 22.6. The smallest absolute Gasteiger partial charge is 0.353 e. The van der Waals surface area contributed by atoms with Gasteiger partial charge in [0.2, 0.25) is 5.91 Å². The van der Waals surface area contributed by atoms with Gasteiger partial charge in [0.1, 0.15) is 0 Å². The summed E-state index contributed by atoms with van der Waals surface area (Å²) in [7, 11) is 0. The topological polar surface area (TPSA) is 41.1 Å². The molecule has 2 N–H and O–H groups in total. The van der Waals surface area contributed by atoms with E-state index in [4.69, 9.17) is 0 Å². The lowest BCUT2D eigenvalue weighted by molar-refractivity contribution is -0.141. The minimum atomic E-state index is -4.22. The number of carbonyl (C=O) groups excluding carboxylic acids is 1. The van der Waals surface area contributed by atoms with Crippen molar-refractivity contribution in [1.29, 1.82) is 0 Å². The van der Waals surface area contributed by atoms with Crippen molar-refractivity contribution in [2.24, 2.45) is 0 Å². The number of halogens is 3. The molecule has 0 spiro atoms. The molecule has 18 heavy (non-hydrogen) atoms. The Kier molecular flexibility index (Phi) is 5.91. The van der Waals surface area contributed by atoms with E-state index in [-0.39, 0.29) is 5.91 Å². The molecule has 1 heterocycles. The summed E-state index contributed by atoms with van der Waals surface area (Å²) in [5, 5.41) is 5.70. The Morgan fingerprint density at radius 1 is 1.44 bits per heavy atom. The summed E-state index contributed by atoms with van der Waals surface area (Å²) in [4.78, 5) is 11.5. The van der Waals surface area contributed by atoms with E-state index in [0.717, 1.165) is 25.8 Å². The minimum Gasteiger partial charge on any atom is -0.353 e. The predicted molar refractivity (Wildman–Crippen MR) is 63.2 cm³/mol. The summed E-state index contributed by atoms with van der Waals surface area (Å²) in [6.45, 7) is 2.35. The van der Waals surface area contributed by atoms with E-state index in [1.54, 1.807) is 0 Å². The summed E-state index contributed by atoms with van der Waals surface area (Å²) < 4.78 is 36.2. The molecule has 1 saturated heterocycles. The zero-order valence-corrected chi connectivity index (χ0v) is 10.6. The molecular formula is C12H21F3N2O. The van der Waals surface area contributed by atoms with E-state index in [0.29, 0.717) is 18.9 Å². The van der Waals surface area contributed by atoms with Crippen LogP contribution >= 0.6 is 0 Å². The van der Waals surface area contributed by atoms with Crippen molar-refractivity contribution in [2.75, 3.05) is 6.54 Å². The molecule has 1 rings (SSSR count). The van der Waals surface area contributed by atoms with E-state index in [1.807, 2.05) is 0 Å². The van der Waals surface area contributed by atoms with E-state index in [2.05, 4.69) is 10.6 Å². The van der Waals surface area contributed by atoms with Gasteiger partial charge in [0, 0.05) is 18.5 Å². The number of piperidine rings is 1. The van der Waals surface area contributed by atoms with Crippen LogP contribution in [0.25, 0.3) is 0 Å². The fourth-order valence-corrected chi connectivity index (χ4v) is 2.22. The number of carbonyl (C=O) groups is 1. The van der Waals surface area contributed by atoms with Gasteiger partial charge in [0.15, 0.2) is 0 Å². The average Bonchev–Trinajstić information content (AvgIpc) is 2.25. The number of nitrogens with one attached hydrogen (secondary N) is 2. The van der Waals surface area contributed by atoms with Gasteiger partial charge in [-0.3, -0.25) is 4.79 Å². The summed E-state index contributed by atoms with van der Waals surface area (Å²) in [5.74, 6) is -0.292. The highest BCUT2D eigenvalue weighted by Crippen LogP contribution is 2.21. The molecule has 106 valence electrons. The Labute approximate surface area is 106 Å². The third-order valence-electron chi connectivity index (χ3n) is 3.08. The first kappa shape index (κ1) is 15.3. The molecule has 1 aliphatic rings. The van der Waals surface area contributed by atoms with Crippen molar-refractivity contribution in [3.05, 3.63) is 0 Å². The van der Waals surface area contributed by atoms with Crippen LogP contribution in [0.2, 0.25) is 0 Å². The highest BCUT2D eigenvalue weighted by molar-refractivity contribution is 5.76. The number of rotatable bonds is 5. The zero-order chi connectivity index (χ0) is 13.6. The Morgan fingerprint density at radius 3 is 2.72 bits per heavy atom. The van der Waals surface area contributed by atoms with Crippen molar-refractivity contribution in [2.45, 2.75) is 63.7 Å². The van der Waals surface area contributed by atoms with Crippen molar-refractivity contribution in [3.63, 3.8) is 0 Å². The van der Waals surface area contributed by atoms with Gasteiger partial charge in [-0.05, 0) is 32.7 Å². The lowest BCUT2D eigenvalue weighted by Crippen LogP contribution is -2.38. The van der Waals surface area contributed by atoms with Gasteiger partial charge in [0.25, 0.3) is 0 Å². The van der Waals surface area contributed by atoms with Gasteiger partial charge in [-0.1, -0.05) is 6.42 Å². The third kappa shape index (κ3) is 6.83. The van der Waals surface area contributed by atoms with Crippen LogP contribution in [-0.4, -0.2) is 30.7 Å². The highest BCUT2D eigenvalue weighted by atomic mass is 19.4. The summed E-state index contributed by atoms with van der Waals surface area (Å²) >= 11 is 0. The first-order valence-electron chi connectivity index (χ1n) is 6.46. The van der Waals surface area contributed by atoms with Crippen LogP contribution in [0.4, 0.5) is 13.2 Å². The van der Waals surface area contributed by atoms with Gasteiger partial charge in [0.05, 0.1) is 6.42 Å². The Balaban J connectivity index is 2.16. The molecule has 0 aromatic heterocycles. The van der Waals surface area contributed by atoms with Crippen LogP contribution in [0.15, 0.2) is 0 Å². The van der Waals surface area contributed by atoms with E-state index >= 15 is 0 Å². The monoisotopic (exact) mass is 266 g/mol. The molecule has 2 atom stereocenters. The second-order valence-corrected chi connectivity index (χ2v) is 4.97. The quantitative estimate of drug-likeness (QED) is 0.802. The second kappa shape index (κ2) is 6.97. The van der Waals surface area contributed by atoms with Gasteiger partial charge in [-0.25, -0.2) is 0 Å². The van der Waals surface area contributed by atoms with Gasteiger partial charge in [-0.2, -0.15) is 13.2 Å². The van der Waals surface area contributed by atoms with Gasteiger partial charge < -0.3 is 10.6 Å². The Bertz CT molecular complexity index is 263. The average molecular weight is 266 g/mol. The second-order valence-electron chi connectivity index (χ2n) is 4.97. The number of hydrogen-bond donors (Lipinski definition) is 2.